The molecule has 0 saturated carbocycles. The normalized spacial score (nSPS) is 25.8. The fraction of sp³-hybridized carbons (Fsp3) is 0.455. The summed E-state index contributed by atoms with van der Waals surface area (Å²) in [6, 6.07) is 2.76. The molecule has 2 atom stereocenters. The summed E-state index contributed by atoms with van der Waals surface area (Å²) in [7, 11) is 0. The first-order valence-corrected chi connectivity index (χ1v) is 5.84. The van der Waals surface area contributed by atoms with E-state index in [1.165, 1.54) is 12.1 Å². The van der Waals surface area contributed by atoms with Crippen molar-refractivity contribution in [3.8, 4) is 0 Å². The van der Waals surface area contributed by atoms with Crippen LogP contribution in [0.4, 0.5) is 4.39 Å². The summed E-state index contributed by atoms with van der Waals surface area (Å²) in [6.07, 6.45) is -0.128. The molecule has 2 rings (SSSR count). The maximum absolute atomic E-state index is 13.3. The van der Waals surface area contributed by atoms with Crippen molar-refractivity contribution in [1.29, 1.82) is 0 Å². The summed E-state index contributed by atoms with van der Waals surface area (Å²) in [5.74, 6) is -0.470. The van der Waals surface area contributed by atoms with Gasteiger partial charge in [0, 0.05) is 23.7 Å². The van der Waals surface area contributed by atoms with E-state index in [0.29, 0.717) is 17.1 Å². The highest BCUT2D eigenvalue weighted by Crippen LogP contribution is 2.31. The lowest BCUT2D eigenvalue weighted by Gasteiger charge is -2.29. The van der Waals surface area contributed by atoms with Crippen LogP contribution in [0.15, 0.2) is 12.1 Å². The van der Waals surface area contributed by atoms with E-state index in [-0.39, 0.29) is 17.2 Å². The van der Waals surface area contributed by atoms with E-state index in [2.05, 4.69) is 5.32 Å². The lowest BCUT2D eigenvalue weighted by molar-refractivity contribution is -0.0287. The van der Waals surface area contributed by atoms with Crippen molar-refractivity contribution in [3.05, 3.63) is 33.6 Å². The average Bonchev–Trinajstić information content (AvgIpc) is 2.23. The molecular weight excluding hydrogens is 252 g/mol. The highest BCUT2D eigenvalue weighted by atomic mass is 35.5. The molecule has 2 nitrogen and oxygen atoms in total. The zero-order valence-corrected chi connectivity index (χ0v) is 10.3. The maximum atomic E-state index is 13.3. The Kier molecular flexibility index (Phi) is 3.70. The predicted molar refractivity (Wildman–Crippen MR) is 62.6 cm³/mol. The van der Waals surface area contributed by atoms with Crippen molar-refractivity contribution in [3.63, 3.8) is 0 Å². The fourth-order valence-electron chi connectivity index (χ4n) is 1.76. The Labute approximate surface area is 104 Å². The highest BCUT2D eigenvalue weighted by Gasteiger charge is 2.23. The van der Waals surface area contributed by atoms with Crippen LogP contribution in [-0.2, 0) is 4.74 Å². The van der Waals surface area contributed by atoms with Gasteiger partial charge in [0.1, 0.15) is 5.82 Å². The second-order valence-electron chi connectivity index (χ2n) is 3.88. The van der Waals surface area contributed by atoms with Crippen molar-refractivity contribution in [1.82, 2.24) is 5.32 Å². The number of ether oxygens (including phenoxy) is 1. The van der Waals surface area contributed by atoms with Crippen LogP contribution in [0.1, 0.15) is 18.6 Å². The Morgan fingerprint density at radius 2 is 2.06 bits per heavy atom. The minimum atomic E-state index is -0.470. The van der Waals surface area contributed by atoms with Gasteiger partial charge in [-0.3, -0.25) is 0 Å². The van der Waals surface area contributed by atoms with Crippen molar-refractivity contribution in [2.45, 2.75) is 19.1 Å². The molecule has 1 saturated heterocycles. The molecule has 0 radical (unpaired) electrons. The minimum Gasteiger partial charge on any atom is -0.368 e. The van der Waals surface area contributed by atoms with Crippen LogP contribution in [-0.4, -0.2) is 19.2 Å². The summed E-state index contributed by atoms with van der Waals surface area (Å²) in [6.45, 7) is 3.38. The fourth-order valence-corrected chi connectivity index (χ4v) is 2.27. The number of nitrogens with one attached hydrogen (secondary N) is 1. The summed E-state index contributed by atoms with van der Waals surface area (Å²) in [4.78, 5) is 0. The van der Waals surface area contributed by atoms with Gasteiger partial charge in [0.25, 0.3) is 0 Å². The minimum absolute atomic E-state index is 0.0329. The van der Waals surface area contributed by atoms with Gasteiger partial charge in [-0.15, -0.1) is 0 Å². The number of halogens is 3. The molecule has 1 aromatic carbocycles. The average molecular weight is 264 g/mol. The lowest BCUT2D eigenvalue weighted by Crippen LogP contribution is -2.39. The van der Waals surface area contributed by atoms with Gasteiger partial charge in [-0.1, -0.05) is 23.2 Å². The number of benzene rings is 1. The van der Waals surface area contributed by atoms with Crippen molar-refractivity contribution >= 4 is 23.2 Å². The molecule has 0 amide bonds. The summed E-state index contributed by atoms with van der Waals surface area (Å²) in [5, 5.41) is 3.68. The molecule has 16 heavy (non-hydrogen) atoms. The van der Waals surface area contributed by atoms with E-state index < -0.39 is 5.82 Å². The summed E-state index contributed by atoms with van der Waals surface area (Å²) >= 11 is 11.7. The smallest absolute Gasteiger partial charge is 0.142 e. The first-order chi connectivity index (χ1) is 7.58. The van der Waals surface area contributed by atoms with Gasteiger partial charge in [-0.2, -0.15) is 0 Å². The van der Waals surface area contributed by atoms with Gasteiger partial charge in [-0.25, -0.2) is 4.39 Å². The maximum Gasteiger partial charge on any atom is 0.142 e. The van der Waals surface area contributed by atoms with Crippen molar-refractivity contribution in [2.75, 3.05) is 13.1 Å². The Balaban J connectivity index is 2.29. The van der Waals surface area contributed by atoms with Crippen LogP contribution in [0.5, 0.6) is 0 Å². The molecule has 1 heterocycles. The van der Waals surface area contributed by atoms with E-state index >= 15 is 0 Å². The van der Waals surface area contributed by atoms with Crippen LogP contribution in [0.25, 0.3) is 0 Å². The van der Waals surface area contributed by atoms with Crippen LogP contribution in [0.2, 0.25) is 10.0 Å². The quantitative estimate of drug-likeness (QED) is 0.786. The first-order valence-electron chi connectivity index (χ1n) is 5.08. The van der Waals surface area contributed by atoms with E-state index in [4.69, 9.17) is 27.9 Å². The highest BCUT2D eigenvalue weighted by molar-refractivity contribution is 6.35. The third-order valence-corrected chi connectivity index (χ3v) is 3.16. The monoisotopic (exact) mass is 263 g/mol. The zero-order chi connectivity index (χ0) is 11.7. The molecule has 2 unspecified atom stereocenters. The number of rotatable bonds is 1. The number of hydrogen-bond donors (Lipinski definition) is 1. The summed E-state index contributed by atoms with van der Waals surface area (Å²) < 4.78 is 19.0. The van der Waals surface area contributed by atoms with Gasteiger partial charge in [0.15, 0.2) is 0 Å². The standard InChI is InChI=1S/C11H12Cl2FNO/c1-6-4-15-5-11(16-6)7-2-10(14)9(13)3-8(7)12/h2-3,6,11,15H,4-5H2,1H3. The lowest BCUT2D eigenvalue weighted by atomic mass is 10.1. The molecule has 1 aliphatic rings. The van der Waals surface area contributed by atoms with Crippen LogP contribution >= 0.6 is 23.2 Å². The first kappa shape index (κ1) is 12.1. The van der Waals surface area contributed by atoms with Crippen LogP contribution in [0, 0.1) is 5.82 Å². The van der Waals surface area contributed by atoms with Crippen LogP contribution in [0.3, 0.4) is 0 Å². The Morgan fingerprint density at radius 1 is 1.31 bits per heavy atom. The number of hydrogen-bond acceptors (Lipinski definition) is 2. The summed E-state index contributed by atoms with van der Waals surface area (Å²) in [5.41, 5.74) is 0.641. The topological polar surface area (TPSA) is 21.3 Å². The zero-order valence-electron chi connectivity index (χ0n) is 8.77. The van der Waals surface area contributed by atoms with Crippen LogP contribution < -0.4 is 5.32 Å². The Bertz CT molecular complexity index is 400. The van der Waals surface area contributed by atoms with E-state index in [1.54, 1.807) is 0 Å². The molecule has 1 aromatic rings. The molecule has 0 spiro atoms. The Hall–Kier alpha value is -0.350. The second kappa shape index (κ2) is 4.88. The molecule has 0 bridgehead atoms. The van der Waals surface area contributed by atoms with Crippen molar-refractivity contribution < 1.29 is 9.13 Å². The molecule has 1 fully saturated rings. The largest absolute Gasteiger partial charge is 0.368 e. The predicted octanol–water partition coefficient (Wildman–Crippen LogP) is 3.18. The number of morpholine rings is 1. The van der Waals surface area contributed by atoms with Gasteiger partial charge < -0.3 is 10.1 Å². The van der Waals surface area contributed by atoms with E-state index in [1.807, 2.05) is 6.92 Å². The van der Waals surface area contributed by atoms with E-state index in [9.17, 15) is 4.39 Å². The third-order valence-electron chi connectivity index (χ3n) is 2.54. The van der Waals surface area contributed by atoms with Gasteiger partial charge in [-0.05, 0) is 19.1 Å². The SMILES string of the molecule is CC1CNCC(c2cc(F)c(Cl)cc2Cl)O1. The van der Waals surface area contributed by atoms with Gasteiger partial charge >= 0.3 is 0 Å². The third kappa shape index (κ3) is 2.48. The molecule has 0 aromatic heterocycles. The molecule has 1 N–H and O–H groups in total. The Morgan fingerprint density at radius 3 is 2.75 bits per heavy atom. The van der Waals surface area contributed by atoms with Gasteiger partial charge in [0.05, 0.1) is 17.2 Å². The van der Waals surface area contributed by atoms with Gasteiger partial charge in [0.2, 0.25) is 0 Å². The molecule has 1 aliphatic heterocycles. The molecule has 0 aliphatic carbocycles. The molecular formula is C11H12Cl2FNO. The second-order valence-corrected chi connectivity index (χ2v) is 4.70. The molecule has 88 valence electrons. The van der Waals surface area contributed by atoms with E-state index in [0.717, 1.165) is 6.54 Å². The van der Waals surface area contributed by atoms with Crippen molar-refractivity contribution in [2.24, 2.45) is 0 Å². The molecule has 5 heteroatoms.